The van der Waals surface area contributed by atoms with Crippen molar-refractivity contribution in [2.75, 3.05) is 19.8 Å². The smallest absolute Gasteiger partial charge is 0.149 e. The summed E-state index contributed by atoms with van der Waals surface area (Å²) in [7, 11) is 0. The Bertz CT molecular complexity index is 61.8. The molecular formula is C4H12N2O3. The van der Waals surface area contributed by atoms with Crippen LogP contribution in [0, 0.1) is 0 Å². The number of rotatable bonds is 5. The van der Waals surface area contributed by atoms with Crippen LogP contribution in [0.3, 0.4) is 0 Å². The van der Waals surface area contributed by atoms with Crippen LogP contribution in [-0.4, -0.2) is 36.2 Å². The molecule has 0 amide bonds. The highest BCUT2D eigenvalue weighted by atomic mass is 16.7. The van der Waals surface area contributed by atoms with Gasteiger partial charge in [0, 0.05) is 6.54 Å². The normalized spacial score (nSPS) is 13.7. The molecule has 0 bridgehead atoms. The fraction of sp³-hybridized carbons (Fsp3) is 1.00. The van der Waals surface area contributed by atoms with E-state index >= 15 is 0 Å². The summed E-state index contributed by atoms with van der Waals surface area (Å²) in [4.78, 5) is 4.55. The molecule has 0 heterocycles. The molecule has 0 aromatic heterocycles. The van der Waals surface area contributed by atoms with Crippen molar-refractivity contribution in [1.29, 1.82) is 0 Å². The highest BCUT2D eigenvalue weighted by Gasteiger charge is 1.97. The van der Waals surface area contributed by atoms with Crippen molar-refractivity contribution in [3.05, 3.63) is 0 Å². The van der Waals surface area contributed by atoms with Gasteiger partial charge in [-0.05, 0) is 0 Å². The van der Waals surface area contributed by atoms with E-state index in [0.29, 0.717) is 13.2 Å². The Labute approximate surface area is 53.4 Å². The standard InChI is InChI=1S/C4H12N2O3/c5-1-2-9-6-4(8)3-7/h4,6-8H,1-3,5H2. The molecule has 5 nitrogen and oxygen atoms in total. The number of nitrogens with two attached hydrogens (primary N) is 1. The molecule has 5 N–H and O–H groups in total. The van der Waals surface area contributed by atoms with Crippen LogP contribution < -0.4 is 11.2 Å². The Morgan fingerprint density at radius 2 is 2.33 bits per heavy atom. The van der Waals surface area contributed by atoms with Crippen LogP contribution in [0.5, 0.6) is 0 Å². The minimum absolute atomic E-state index is 0.317. The molecule has 0 rings (SSSR count). The van der Waals surface area contributed by atoms with Gasteiger partial charge in [0.2, 0.25) is 0 Å². The summed E-state index contributed by atoms with van der Waals surface area (Å²) in [6.07, 6.45) is -1.02. The van der Waals surface area contributed by atoms with Crippen LogP contribution in [0.25, 0.3) is 0 Å². The van der Waals surface area contributed by atoms with Gasteiger partial charge in [-0.15, -0.1) is 0 Å². The molecule has 0 saturated heterocycles. The second-order valence-electron chi connectivity index (χ2n) is 1.45. The second kappa shape index (κ2) is 5.93. The number of nitrogens with one attached hydrogen (secondary N) is 1. The summed E-state index contributed by atoms with van der Waals surface area (Å²) in [6, 6.07) is 0. The minimum atomic E-state index is -1.02. The molecule has 0 aromatic carbocycles. The molecule has 9 heavy (non-hydrogen) atoms. The quantitative estimate of drug-likeness (QED) is 0.195. The van der Waals surface area contributed by atoms with Crippen molar-refractivity contribution >= 4 is 0 Å². The molecule has 0 spiro atoms. The summed E-state index contributed by atoms with van der Waals surface area (Å²) in [6.45, 7) is 0.326. The fourth-order valence-electron chi connectivity index (χ4n) is 0.251. The number of hydrogen-bond donors (Lipinski definition) is 4. The summed E-state index contributed by atoms with van der Waals surface area (Å²) in [5.41, 5.74) is 7.21. The average molecular weight is 136 g/mol. The van der Waals surface area contributed by atoms with Crippen LogP contribution in [-0.2, 0) is 4.84 Å². The van der Waals surface area contributed by atoms with Gasteiger partial charge in [-0.25, -0.2) is 0 Å². The van der Waals surface area contributed by atoms with Crippen molar-refractivity contribution in [2.24, 2.45) is 5.73 Å². The van der Waals surface area contributed by atoms with E-state index in [4.69, 9.17) is 15.9 Å². The predicted octanol–water partition coefficient (Wildman–Crippen LogP) is -2.22. The lowest BCUT2D eigenvalue weighted by Crippen LogP contribution is -2.33. The minimum Gasteiger partial charge on any atom is -0.392 e. The van der Waals surface area contributed by atoms with Gasteiger partial charge in [-0.1, -0.05) is 0 Å². The first-order valence-corrected chi connectivity index (χ1v) is 2.67. The van der Waals surface area contributed by atoms with Crippen molar-refractivity contribution < 1.29 is 15.1 Å². The van der Waals surface area contributed by atoms with E-state index < -0.39 is 6.23 Å². The van der Waals surface area contributed by atoms with Crippen LogP contribution >= 0.6 is 0 Å². The van der Waals surface area contributed by atoms with Gasteiger partial charge in [-0.3, -0.25) is 4.84 Å². The molecule has 56 valence electrons. The highest BCUT2D eigenvalue weighted by molar-refractivity contribution is 4.37. The molecule has 1 unspecified atom stereocenters. The summed E-state index contributed by atoms with van der Waals surface area (Å²) >= 11 is 0. The Morgan fingerprint density at radius 1 is 1.67 bits per heavy atom. The summed E-state index contributed by atoms with van der Waals surface area (Å²) < 4.78 is 0. The third-order valence-corrected chi connectivity index (χ3v) is 0.612. The third-order valence-electron chi connectivity index (χ3n) is 0.612. The number of hydrogen-bond acceptors (Lipinski definition) is 5. The molecule has 5 heteroatoms. The highest BCUT2D eigenvalue weighted by Crippen LogP contribution is 1.72. The molecule has 0 saturated carbocycles. The zero-order chi connectivity index (χ0) is 7.11. The molecule has 0 aliphatic carbocycles. The molecule has 0 aliphatic heterocycles. The van der Waals surface area contributed by atoms with E-state index in [2.05, 4.69) is 10.3 Å². The molecule has 0 aliphatic rings. The van der Waals surface area contributed by atoms with Crippen LogP contribution in [0.1, 0.15) is 0 Å². The van der Waals surface area contributed by atoms with E-state index in [1.165, 1.54) is 0 Å². The molecule has 0 aromatic rings. The van der Waals surface area contributed by atoms with Crippen molar-refractivity contribution in [3.8, 4) is 0 Å². The topological polar surface area (TPSA) is 87.7 Å². The first kappa shape index (κ1) is 8.80. The lowest BCUT2D eigenvalue weighted by atomic mass is 10.6. The van der Waals surface area contributed by atoms with Gasteiger partial charge in [0.05, 0.1) is 13.2 Å². The van der Waals surface area contributed by atoms with Gasteiger partial charge < -0.3 is 15.9 Å². The lowest BCUT2D eigenvalue weighted by Gasteiger charge is -2.07. The van der Waals surface area contributed by atoms with Crippen molar-refractivity contribution in [3.63, 3.8) is 0 Å². The fourth-order valence-corrected chi connectivity index (χ4v) is 0.251. The van der Waals surface area contributed by atoms with Gasteiger partial charge in [0.1, 0.15) is 6.23 Å². The molecule has 0 radical (unpaired) electrons. The first-order chi connectivity index (χ1) is 4.31. The van der Waals surface area contributed by atoms with E-state index in [1.807, 2.05) is 0 Å². The molecule has 0 fully saturated rings. The largest absolute Gasteiger partial charge is 0.392 e. The van der Waals surface area contributed by atoms with E-state index in [9.17, 15) is 0 Å². The Hall–Kier alpha value is -0.200. The number of aliphatic hydroxyl groups is 2. The maximum absolute atomic E-state index is 8.56. The van der Waals surface area contributed by atoms with E-state index in [-0.39, 0.29) is 6.61 Å². The zero-order valence-electron chi connectivity index (χ0n) is 5.08. The summed E-state index contributed by atoms with van der Waals surface area (Å²) in [5, 5.41) is 16.8. The monoisotopic (exact) mass is 136 g/mol. The SMILES string of the molecule is NCCONC(O)CO. The van der Waals surface area contributed by atoms with Gasteiger partial charge in [0.25, 0.3) is 0 Å². The van der Waals surface area contributed by atoms with Gasteiger partial charge in [0.15, 0.2) is 0 Å². The number of hydroxylamine groups is 1. The maximum Gasteiger partial charge on any atom is 0.149 e. The van der Waals surface area contributed by atoms with Gasteiger partial charge in [-0.2, -0.15) is 5.48 Å². The van der Waals surface area contributed by atoms with Crippen molar-refractivity contribution in [2.45, 2.75) is 6.23 Å². The summed E-state index contributed by atoms with van der Waals surface area (Å²) in [5.74, 6) is 0. The van der Waals surface area contributed by atoms with Crippen LogP contribution in [0.15, 0.2) is 0 Å². The predicted molar refractivity (Wildman–Crippen MR) is 31.2 cm³/mol. The molecular weight excluding hydrogens is 124 g/mol. The van der Waals surface area contributed by atoms with Crippen molar-refractivity contribution in [1.82, 2.24) is 5.48 Å². The Balaban J connectivity index is 2.88. The average Bonchev–Trinajstić information content (AvgIpc) is 1.89. The maximum atomic E-state index is 8.56. The van der Waals surface area contributed by atoms with E-state index in [0.717, 1.165) is 0 Å². The van der Waals surface area contributed by atoms with Gasteiger partial charge >= 0.3 is 0 Å². The lowest BCUT2D eigenvalue weighted by molar-refractivity contribution is -0.0733. The Kier molecular flexibility index (Phi) is 5.80. The van der Waals surface area contributed by atoms with Crippen LogP contribution in [0.2, 0.25) is 0 Å². The number of aliphatic hydroxyl groups excluding tert-OH is 2. The van der Waals surface area contributed by atoms with E-state index in [1.54, 1.807) is 0 Å². The third kappa shape index (κ3) is 5.67. The Morgan fingerprint density at radius 3 is 2.78 bits per heavy atom. The molecule has 1 atom stereocenters. The first-order valence-electron chi connectivity index (χ1n) is 2.67. The second-order valence-corrected chi connectivity index (χ2v) is 1.45. The zero-order valence-corrected chi connectivity index (χ0v) is 5.08. The van der Waals surface area contributed by atoms with Crippen LogP contribution in [0.4, 0.5) is 0 Å².